The number of benzene rings is 1. The summed E-state index contributed by atoms with van der Waals surface area (Å²) < 4.78 is 1.01. The number of halogens is 1. The lowest BCUT2D eigenvalue weighted by Gasteiger charge is -2.05. The Bertz CT molecular complexity index is 342. The molecule has 0 saturated heterocycles. The molecule has 1 amide bonds. The van der Waals surface area contributed by atoms with Crippen molar-refractivity contribution in [2.45, 2.75) is 12.8 Å². The molecule has 88 valence electrons. The van der Waals surface area contributed by atoms with Gasteiger partial charge in [0.05, 0.1) is 6.42 Å². The van der Waals surface area contributed by atoms with Crippen LogP contribution in [0.5, 0.6) is 0 Å². The van der Waals surface area contributed by atoms with Crippen LogP contribution in [0.3, 0.4) is 0 Å². The highest BCUT2D eigenvalue weighted by molar-refractivity contribution is 9.10. The molecule has 0 radical (unpaired) electrons. The summed E-state index contributed by atoms with van der Waals surface area (Å²) in [5.41, 5.74) is 1.03. The van der Waals surface area contributed by atoms with Gasteiger partial charge in [0.2, 0.25) is 5.91 Å². The number of nitrogens with one attached hydrogen (secondary N) is 2. The molecule has 1 aromatic rings. The van der Waals surface area contributed by atoms with E-state index >= 15 is 0 Å². The second-order valence-corrected chi connectivity index (χ2v) is 4.53. The van der Waals surface area contributed by atoms with E-state index in [1.807, 2.05) is 31.3 Å². The van der Waals surface area contributed by atoms with Gasteiger partial charge in [-0.1, -0.05) is 28.1 Å². The number of carbonyl (C=O) groups is 1. The van der Waals surface area contributed by atoms with E-state index in [1.165, 1.54) is 0 Å². The molecule has 1 rings (SSSR count). The number of amides is 1. The summed E-state index contributed by atoms with van der Waals surface area (Å²) in [6.07, 6.45) is 1.40. The van der Waals surface area contributed by atoms with E-state index in [-0.39, 0.29) is 5.91 Å². The van der Waals surface area contributed by atoms with Crippen LogP contribution in [0.2, 0.25) is 0 Å². The SMILES string of the molecule is CNCCCNC(=O)Cc1cccc(Br)c1. The molecule has 16 heavy (non-hydrogen) atoms. The number of carbonyl (C=O) groups excluding carboxylic acids is 1. The lowest BCUT2D eigenvalue weighted by atomic mass is 10.1. The first kappa shape index (κ1) is 13.2. The molecule has 0 atom stereocenters. The molecule has 0 aliphatic carbocycles. The molecule has 3 nitrogen and oxygen atoms in total. The third kappa shape index (κ3) is 5.28. The van der Waals surface area contributed by atoms with Crippen LogP contribution in [0.15, 0.2) is 28.7 Å². The molecule has 2 N–H and O–H groups in total. The van der Waals surface area contributed by atoms with E-state index in [4.69, 9.17) is 0 Å². The zero-order valence-corrected chi connectivity index (χ0v) is 11.0. The Morgan fingerprint density at radius 3 is 2.88 bits per heavy atom. The van der Waals surface area contributed by atoms with E-state index in [0.29, 0.717) is 6.42 Å². The lowest BCUT2D eigenvalue weighted by molar-refractivity contribution is -0.120. The maximum Gasteiger partial charge on any atom is 0.224 e. The van der Waals surface area contributed by atoms with Crippen LogP contribution in [-0.2, 0) is 11.2 Å². The third-order valence-corrected chi connectivity index (χ3v) is 2.67. The van der Waals surface area contributed by atoms with Crippen molar-refractivity contribution in [2.75, 3.05) is 20.1 Å². The third-order valence-electron chi connectivity index (χ3n) is 2.18. The van der Waals surface area contributed by atoms with Gasteiger partial charge in [-0.15, -0.1) is 0 Å². The van der Waals surface area contributed by atoms with E-state index in [9.17, 15) is 4.79 Å². The number of hydrogen-bond donors (Lipinski definition) is 2. The largest absolute Gasteiger partial charge is 0.356 e. The fourth-order valence-electron chi connectivity index (χ4n) is 1.39. The standard InChI is InChI=1S/C12H17BrN2O/c1-14-6-3-7-15-12(16)9-10-4-2-5-11(13)8-10/h2,4-5,8,14H,3,6-7,9H2,1H3,(H,15,16). The Kier molecular flexibility index (Phi) is 6.11. The van der Waals surface area contributed by atoms with Gasteiger partial charge >= 0.3 is 0 Å². The van der Waals surface area contributed by atoms with E-state index < -0.39 is 0 Å². The Morgan fingerprint density at radius 1 is 1.38 bits per heavy atom. The van der Waals surface area contributed by atoms with E-state index in [2.05, 4.69) is 26.6 Å². The highest BCUT2D eigenvalue weighted by atomic mass is 79.9. The average molecular weight is 285 g/mol. The van der Waals surface area contributed by atoms with Gasteiger partial charge in [0.1, 0.15) is 0 Å². The number of hydrogen-bond acceptors (Lipinski definition) is 2. The molecular weight excluding hydrogens is 268 g/mol. The van der Waals surface area contributed by atoms with Crippen LogP contribution in [0.25, 0.3) is 0 Å². The molecule has 0 saturated carbocycles. The molecule has 0 unspecified atom stereocenters. The second-order valence-electron chi connectivity index (χ2n) is 3.61. The predicted octanol–water partition coefficient (Wildman–Crippen LogP) is 1.72. The monoisotopic (exact) mass is 284 g/mol. The first-order valence-electron chi connectivity index (χ1n) is 5.38. The topological polar surface area (TPSA) is 41.1 Å². The maximum atomic E-state index is 11.5. The molecular formula is C12H17BrN2O. The smallest absolute Gasteiger partial charge is 0.224 e. The van der Waals surface area contributed by atoms with Crippen LogP contribution in [0, 0.1) is 0 Å². The molecule has 0 fully saturated rings. The minimum absolute atomic E-state index is 0.0780. The summed E-state index contributed by atoms with van der Waals surface area (Å²) in [6, 6.07) is 7.81. The average Bonchev–Trinajstić information content (AvgIpc) is 2.24. The number of rotatable bonds is 6. The van der Waals surface area contributed by atoms with Crippen molar-refractivity contribution in [3.8, 4) is 0 Å². The summed E-state index contributed by atoms with van der Waals surface area (Å²) in [6.45, 7) is 1.66. The van der Waals surface area contributed by atoms with Crippen LogP contribution < -0.4 is 10.6 Å². The van der Waals surface area contributed by atoms with Crippen molar-refractivity contribution in [3.05, 3.63) is 34.3 Å². The lowest BCUT2D eigenvalue weighted by Crippen LogP contribution is -2.27. The van der Waals surface area contributed by atoms with Crippen molar-refractivity contribution in [1.82, 2.24) is 10.6 Å². The van der Waals surface area contributed by atoms with Gasteiger partial charge in [-0.25, -0.2) is 0 Å². The van der Waals surface area contributed by atoms with Crippen LogP contribution in [-0.4, -0.2) is 26.0 Å². The minimum Gasteiger partial charge on any atom is -0.356 e. The second kappa shape index (κ2) is 7.41. The molecule has 0 bridgehead atoms. The van der Waals surface area contributed by atoms with Crippen LogP contribution in [0.1, 0.15) is 12.0 Å². The van der Waals surface area contributed by atoms with Crippen molar-refractivity contribution in [2.24, 2.45) is 0 Å². The zero-order valence-electron chi connectivity index (χ0n) is 9.42. The summed E-state index contributed by atoms with van der Waals surface area (Å²) >= 11 is 3.39. The Balaban J connectivity index is 2.29. The van der Waals surface area contributed by atoms with Crippen LogP contribution >= 0.6 is 15.9 Å². The Morgan fingerprint density at radius 2 is 2.19 bits per heavy atom. The Hall–Kier alpha value is -0.870. The first-order valence-corrected chi connectivity index (χ1v) is 6.17. The van der Waals surface area contributed by atoms with Gasteiger partial charge in [-0.05, 0) is 37.7 Å². The molecule has 0 spiro atoms. The fourth-order valence-corrected chi connectivity index (χ4v) is 1.83. The Labute approximate surface area is 105 Å². The van der Waals surface area contributed by atoms with Crippen molar-refractivity contribution >= 4 is 21.8 Å². The van der Waals surface area contributed by atoms with Gasteiger partial charge in [0.25, 0.3) is 0 Å². The van der Waals surface area contributed by atoms with Gasteiger partial charge in [-0.2, -0.15) is 0 Å². The van der Waals surface area contributed by atoms with Gasteiger partial charge < -0.3 is 10.6 Å². The minimum atomic E-state index is 0.0780. The normalized spacial score (nSPS) is 10.1. The zero-order chi connectivity index (χ0) is 11.8. The molecule has 4 heteroatoms. The van der Waals surface area contributed by atoms with Gasteiger partial charge in [0.15, 0.2) is 0 Å². The summed E-state index contributed by atoms with van der Waals surface area (Å²) in [7, 11) is 1.91. The van der Waals surface area contributed by atoms with Crippen LogP contribution in [0.4, 0.5) is 0 Å². The van der Waals surface area contributed by atoms with E-state index in [1.54, 1.807) is 0 Å². The van der Waals surface area contributed by atoms with Crippen molar-refractivity contribution in [1.29, 1.82) is 0 Å². The predicted molar refractivity (Wildman–Crippen MR) is 69.4 cm³/mol. The molecule has 0 heterocycles. The quantitative estimate of drug-likeness (QED) is 0.781. The molecule has 0 aliphatic rings. The van der Waals surface area contributed by atoms with Crippen molar-refractivity contribution in [3.63, 3.8) is 0 Å². The molecule has 0 aromatic heterocycles. The fraction of sp³-hybridized carbons (Fsp3) is 0.417. The first-order chi connectivity index (χ1) is 7.72. The summed E-state index contributed by atoms with van der Waals surface area (Å²) in [4.78, 5) is 11.5. The highest BCUT2D eigenvalue weighted by Crippen LogP contribution is 2.11. The highest BCUT2D eigenvalue weighted by Gasteiger charge is 2.02. The summed E-state index contributed by atoms with van der Waals surface area (Å²) in [5, 5.41) is 5.93. The molecule has 1 aromatic carbocycles. The van der Waals surface area contributed by atoms with Gasteiger partial charge in [0, 0.05) is 11.0 Å². The summed E-state index contributed by atoms with van der Waals surface area (Å²) in [5.74, 6) is 0.0780. The maximum absolute atomic E-state index is 11.5. The molecule has 0 aliphatic heterocycles. The van der Waals surface area contributed by atoms with E-state index in [0.717, 1.165) is 29.5 Å². The van der Waals surface area contributed by atoms with Gasteiger partial charge in [-0.3, -0.25) is 4.79 Å². The van der Waals surface area contributed by atoms with Crippen molar-refractivity contribution < 1.29 is 4.79 Å².